The van der Waals surface area contributed by atoms with Crippen molar-refractivity contribution in [2.24, 2.45) is 0 Å². The monoisotopic (exact) mass is 389 g/mol. The number of imidazole rings is 1. The molecule has 2 aromatic carbocycles. The zero-order valence-corrected chi connectivity index (χ0v) is 15.7. The molecule has 0 fully saturated rings. The van der Waals surface area contributed by atoms with Crippen LogP contribution in [0.1, 0.15) is 35.7 Å². The number of carbonyl (C=O) groups excluding carboxylic acids is 1. The molecular formula is C21H19N5O3. The van der Waals surface area contributed by atoms with Gasteiger partial charge in [0, 0.05) is 11.5 Å². The number of H-pyrrole nitrogens is 2. The van der Waals surface area contributed by atoms with Gasteiger partial charge in [-0.3, -0.25) is 14.9 Å². The van der Waals surface area contributed by atoms with Gasteiger partial charge >= 0.3 is 0 Å². The Hall–Kier alpha value is -3.94. The third kappa shape index (κ3) is 3.60. The quantitative estimate of drug-likeness (QED) is 0.336. The van der Waals surface area contributed by atoms with Crippen LogP contribution in [0.3, 0.4) is 0 Å². The summed E-state index contributed by atoms with van der Waals surface area (Å²) in [7, 11) is 0. The van der Waals surface area contributed by atoms with Gasteiger partial charge in [0.15, 0.2) is 0 Å². The molecule has 1 atom stereocenters. The molecule has 0 aliphatic rings. The Labute approximate surface area is 166 Å². The van der Waals surface area contributed by atoms with E-state index in [4.69, 9.17) is 0 Å². The first-order valence-electron chi connectivity index (χ1n) is 9.24. The van der Waals surface area contributed by atoms with Crippen molar-refractivity contribution in [2.45, 2.75) is 19.4 Å². The van der Waals surface area contributed by atoms with E-state index in [1.54, 1.807) is 24.4 Å². The van der Waals surface area contributed by atoms with Gasteiger partial charge in [-0.15, -0.1) is 0 Å². The Bertz CT molecular complexity index is 1180. The van der Waals surface area contributed by atoms with Crippen LogP contribution in [0.15, 0.2) is 60.8 Å². The number of para-hydroxylation sites is 1. The Balaban J connectivity index is 1.57. The molecule has 0 bridgehead atoms. The predicted octanol–water partition coefficient (Wildman–Crippen LogP) is 4.35. The lowest BCUT2D eigenvalue weighted by Crippen LogP contribution is -2.29. The van der Waals surface area contributed by atoms with E-state index in [1.165, 1.54) is 6.07 Å². The van der Waals surface area contributed by atoms with Crippen LogP contribution in [0.2, 0.25) is 0 Å². The predicted molar refractivity (Wildman–Crippen MR) is 109 cm³/mol. The molecule has 0 spiro atoms. The standard InChI is InChI=1S/C21H19N5O3/c1-2-15(20-22-12-17(24-20)13-7-4-3-5-8-13)25-21(27)16-11-14-9-6-10-18(26(28)29)19(14)23-16/h3-12,15,23H,2H2,1H3,(H,22,24)(H,25,27). The van der Waals surface area contributed by atoms with Crippen LogP contribution < -0.4 is 5.32 Å². The molecule has 4 aromatic rings. The van der Waals surface area contributed by atoms with E-state index in [0.29, 0.717) is 23.1 Å². The first-order valence-corrected chi connectivity index (χ1v) is 9.24. The fourth-order valence-corrected chi connectivity index (χ4v) is 3.29. The number of nitro benzene ring substituents is 1. The number of aromatic amines is 2. The highest BCUT2D eigenvalue weighted by atomic mass is 16.6. The Morgan fingerprint density at radius 1 is 1.17 bits per heavy atom. The number of fused-ring (bicyclic) bond motifs is 1. The minimum atomic E-state index is -0.469. The van der Waals surface area contributed by atoms with Crippen LogP contribution in [0.4, 0.5) is 5.69 Å². The zero-order valence-electron chi connectivity index (χ0n) is 15.7. The molecule has 0 aliphatic heterocycles. The van der Waals surface area contributed by atoms with Gasteiger partial charge in [0.25, 0.3) is 11.6 Å². The van der Waals surface area contributed by atoms with Gasteiger partial charge in [-0.2, -0.15) is 0 Å². The number of nitrogens with zero attached hydrogens (tertiary/aromatic N) is 2. The van der Waals surface area contributed by atoms with Crippen LogP contribution >= 0.6 is 0 Å². The summed E-state index contributed by atoms with van der Waals surface area (Å²) in [5.74, 6) is 0.307. The number of nitro groups is 1. The lowest BCUT2D eigenvalue weighted by atomic mass is 10.2. The van der Waals surface area contributed by atoms with Gasteiger partial charge in [0.2, 0.25) is 0 Å². The second-order valence-electron chi connectivity index (χ2n) is 6.66. The summed E-state index contributed by atoms with van der Waals surface area (Å²) in [5.41, 5.74) is 2.42. The number of rotatable bonds is 6. The van der Waals surface area contributed by atoms with Crippen molar-refractivity contribution in [1.29, 1.82) is 0 Å². The molecule has 146 valence electrons. The number of non-ortho nitro benzene ring substituents is 1. The average molecular weight is 389 g/mol. The van der Waals surface area contributed by atoms with Crippen molar-refractivity contribution in [1.82, 2.24) is 20.3 Å². The van der Waals surface area contributed by atoms with Gasteiger partial charge < -0.3 is 15.3 Å². The van der Waals surface area contributed by atoms with E-state index in [-0.39, 0.29) is 23.3 Å². The van der Waals surface area contributed by atoms with E-state index in [9.17, 15) is 14.9 Å². The molecular weight excluding hydrogens is 370 g/mol. The Kier molecular flexibility index (Phi) is 4.82. The van der Waals surface area contributed by atoms with Crippen LogP contribution in [0, 0.1) is 10.1 Å². The molecule has 0 saturated heterocycles. The maximum atomic E-state index is 12.8. The van der Waals surface area contributed by atoms with Gasteiger partial charge in [0.05, 0.1) is 22.9 Å². The summed E-state index contributed by atoms with van der Waals surface area (Å²) in [6, 6.07) is 15.8. The molecule has 0 radical (unpaired) electrons. The van der Waals surface area contributed by atoms with E-state index in [1.807, 2.05) is 37.3 Å². The topological polar surface area (TPSA) is 117 Å². The summed E-state index contributed by atoms with van der Waals surface area (Å²) >= 11 is 0. The van der Waals surface area contributed by atoms with E-state index in [2.05, 4.69) is 20.3 Å². The summed E-state index contributed by atoms with van der Waals surface area (Å²) in [5, 5.41) is 14.7. The van der Waals surface area contributed by atoms with E-state index < -0.39 is 4.92 Å². The summed E-state index contributed by atoms with van der Waals surface area (Å²) in [4.78, 5) is 34.0. The van der Waals surface area contributed by atoms with Crippen LogP contribution in [-0.2, 0) is 0 Å². The smallest absolute Gasteiger partial charge is 0.293 e. The molecule has 0 saturated carbocycles. The Morgan fingerprint density at radius 2 is 1.97 bits per heavy atom. The van der Waals surface area contributed by atoms with Gasteiger partial charge in [0.1, 0.15) is 17.0 Å². The van der Waals surface area contributed by atoms with Crippen molar-refractivity contribution in [2.75, 3.05) is 0 Å². The first-order chi connectivity index (χ1) is 14.1. The highest BCUT2D eigenvalue weighted by Gasteiger charge is 2.21. The third-order valence-corrected chi connectivity index (χ3v) is 4.80. The number of hydrogen-bond donors (Lipinski definition) is 3. The lowest BCUT2D eigenvalue weighted by Gasteiger charge is -2.14. The Morgan fingerprint density at radius 3 is 2.69 bits per heavy atom. The number of benzene rings is 2. The number of carbonyl (C=O) groups is 1. The molecule has 8 nitrogen and oxygen atoms in total. The molecule has 3 N–H and O–H groups in total. The summed E-state index contributed by atoms with van der Waals surface area (Å²) in [6.07, 6.45) is 2.37. The number of hydrogen-bond acceptors (Lipinski definition) is 4. The van der Waals surface area contributed by atoms with Crippen LogP contribution in [0.25, 0.3) is 22.2 Å². The molecule has 1 unspecified atom stereocenters. The highest BCUT2D eigenvalue weighted by molar-refractivity contribution is 6.00. The van der Waals surface area contributed by atoms with Gasteiger partial charge in [-0.1, -0.05) is 49.4 Å². The van der Waals surface area contributed by atoms with Crippen molar-refractivity contribution < 1.29 is 9.72 Å². The largest absolute Gasteiger partial charge is 0.345 e. The number of aromatic nitrogens is 3. The van der Waals surface area contributed by atoms with Gasteiger partial charge in [-0.25, -0.2) is 4.98 Å². The summed E-state index contributed by atoms with van der Waals surface area (Å²) < 4.78 is 0. The maximum absolute atomic E-state index is 12.8. The fourth-order valence-electron chi connectivity index (χ4n) is 3.29. The lowest BCUT2D eigenvalue weighted by molar-refractivity contribution is -0.383. The molecule has 0 aliphatic carbocycles. The zero-order chi connectivity index (χ0) is 20.4. The minimum Gasteiger partial charge on any atom is -0.345 e. The molecule has 1 amide bonds. The van der Waals surface area contributed by atoms with E-state index >= 15 is 0 Å². The van der Waals surface area contributed by atoms with Crippen molar-refractivity contribution in [3.8, 4) is 11.3 Å². The summed E-state index contributed by atoms with van der Waals surface area (Å²) in [6.45, 7) is 1.95. The van der Waals surface area contributed by atoms with Crippen molar-refractivity contribution >= 4 is 22.5 Å². The van der Waals surface area contributed by atoms with Crippen molar-refractivity contribution in [3.63, 3.8) is 0 Å². The van der Waals surface area contributed by atoms with Crippen molar-refractivity contribution in [3.05, 3.63) is 82.4 Å². The average Bonchev–Trinajstić information content (AvgIpc) is 3.39. The molecule has 29 heavy (non-hydrogen) atoms. The third-order valence-electron chi connectivity index (χ3n) is 4.80. The molecule has 2 heterocycles. The highest BCUT2D eigenvalue weighted by Crippen LogP contribution is 2.26. The SMILES string of the molecule is CCC(NC(=O)c1cc2cccc([N+](=O)[O-])c2[nH]1)c1ncc(-c2ccccc2)[nH]1. The second kappa shape index (κ2) is 7.59. The minimum absolute atomic E-state index is 0.0628. The van der Waals surface area contributed by atoms with Crippen LogP contribution in [0.5, 0.6) is 0 Å². The van der Waals surface area contributed by atoms with E-state index in [0.717, 1.165) is 11.3 Å². The normalized spacial score (nSPS) is 12.0. The second-order valence-corrected chi connectivity index (χ2v) is 6.66. The molecule has 2 aromatic heterocycles. The molecule has 8 heteroatoms. The number of amides is 1. The number of nitrogens with one attached hydrogen (secondary N) is 3. The maximum Gasteiger partial charge on any atom is 0.293 e. The van der Waals surface area contributed by atoms with Crippen LogP contribution in [-0.4, -0.2) is 25.8 Å². The molecule has 4 rings (SSSR count). The first kappa shape index (κ1) is 18.4. The van der Waals surface area contributed by atoms with Gasteiger partial charge in [-0.05, 0) is 18.1 Å². The fraction of sp³-hybridized carbons (Fsp3) is 0.143.